The number of nitrogens with two attached hydrogens (primary N) is 1. The molecule has 0 saturated carbocycles. The highest BCUT2D eigenvalue weighted by Crippen LogP contribution is 2.35. The SMILES string of the molecule is Nc1ncc(-c2cc3c(c([C@@H]4COCCN4)c2)COCC3)cc1-c1cn[nH]c1. The summed E-state index contributed by atoms with van der Waals surface area (Å²) in [5, 5.41) is 10.4. The first-order chi connectivity index (χ1) is 13.8. The Morgan fingerprint density at radius 2 is 2.00 bits per heavy atom. The van der Waals surface area contributed by atoms with Gasteiger partial charge in [0.1, 0.15) is 5.82 Å². The summed E-state index contributed by atoms with van der Waals surface area (Å²) in [7, 11) is 0. The molecule has 0 bridgehead atoms. The molecule has 0 radical (unpaired) electrons. The topological polar surface area (TPSA) is 98.1 Å². The van der Waals surface area contributed by atoms with Gasteiger partial charge in [0, 0.05) is 35.6 Å². The molecular weight excluding hydrogens is 354 g/mol. The molecule has 1 fully saturated rings. The van der Waals surface area contributed by atoms with Crippen LogP contribution in [0, 0.1) is 0 Å². The largest absolute Gasteiger partial charge is 0.383 e. The zero-order valence-electron chi connectivity index (χ0n) is 15.6. The smallest absolute Gasteiger partial charge is 0.131 e. The molecule has 1 aromatic carbocycles. The van der Waals surface area contributed by atoms with Gasteiger partial charge < -0.3 is 20.5 Å². The van der Waals surface area contributed by atoms with Gasteiger partial charge in [-0.2, -0.15) is 5.10 Å². The number of nitrogen functional groups attached to an aromatic ring is 1. The number of ether oxygens (including phenoxy) is 2. The number of morpholine rings is 1. The summed E-state index contributed by atoms with van der Waals surface area (Å²) in [4.78, 5) is 4.44. The molecule has 0 spiro atoms. The maximum Gasteiger partial charge on any atom is 0.131 e. The van der Waals surface area contributed by atoms with Crippen LogP contribution in [0.3, 0.4) is 0 Å². The number of fused-ring (bicyclic) bond motifs is 1. The third kappa shape index (κ3) is 3.17. The van der Waals surface area contributed by atoms with Gasteiger partial charge in [0.25, 0.3) is 0 Å². The van der Waals surface area contributed by atoms with E-state index in [2.05, 4.69) is 38.7 Å². The number of hydrogen-bond acceptors (Lipinski definition) is 6. The summed E-state index contributed by atoms with van der Waals surface area (Å²) >= 11 is 0. The van der Waals surface area contributed by atoms with Crippen LogP contribution in [0.1, 0.15) is 22.7 Å². The lowest BCUT2D eigenvalue weighted by atomic mass is 9.89. The van der Waals surface area contributed by atoms with E-state index in [0.717, 1.165) is 48.4 Å². The molecule has 0 unspecified atom stereocenters. The van der Waals surface area contributed by atoms with Crippen molar-refractivity contribution < 1.29 is 9.47 Å². The molecule has 0 aliphatic carbocycles. The number of aromatic nitrogens is 3. The highest BCUT2D eigenvalue weighted by atomic mass is 16.5. The molecule has 5 rings (SSSR count). The number of benzene rings is 1. The first-order valence-electron chi connectivity index (χ1n) is 9.59. The zero-order chi connectivity index (χ0) is 18.9. The Morgan fingerprint density at radius 3 is 2.82 bits per heavy atom. The van der Waals surface area contributed by atoms with E-state index < -0.39 is 0 Å². The Kier molecular flexibility index (Phi) is 4.56. The highest BCUT2D eigenvalue weighted by Gasteiger charge is 2.23. The fourth-order valence-corrected chi connectivity index (χ4v) is 4.02. The molecule has 1 saturated heterocycles. The molecule has 1 atom stereocenters. The van der Waals surface area contributed by atoms with E-state index in [1.54, 1.807) is 6.20 Å². The fourth-order valence-electron chi connectivity index (χ4n) is 4.02. The Balaban J connectivity index is 1.61. The molecule has 28 heavy (non-hydrogen) atoms. The van der Waals surface area contributed by atoms with E-state index in [1.165, 1.54) is 16.7 Å². The first kappa shape index (κ1) is 17.4. The summed E-state index contributed by atoms with van der Waals surface area (Å²) in [5.74, 6) is 0.499. The van der Waals surface area contributed by atoms with Crippen LogP contribution in [0.5, 0.6) is 0 Å². The van der Waals surface area contributed by atoms with E-state index in [1.807, 2.05) is 12.4 Å². The molecule has 0 amide bonds. The van der Waals surface area contributed by atoms with Gasteiger partial charge in [0.15, 0.2) is 0 Å². The van der Waals surface area contributed by atoms with Crippen LogP contribution in [0.2, 0.25) is 0 Å². The third-order valence-corrected chi connectivity index (χ3v) is 5.50. The normalized spacial score (nSPS) is 19.4. The van der Waals surface area contributed by atoms with E-state index in [-0.39, 0.29) is 6.04 Å². The molecule has 4 heterocycles. The number of anilines is 1. The van der Waals surface area contributed by atoms with Crippen LogP contribution in [-0.4, -0.2) is 41.5 Å². The summed E-state index contributed by atoms with van der Waals surface area (Å²) in [6.07, 6.45) is 6.35. The lowest BCUT2D eigenvalue weighted by molar-refractivity contribution is 0.0736. The predicted octanol–water partition coefficient (Wildman–Crippen LogP) is 2.45. The average Bonchev–Trinajstić information content (AvgIpc) is 3.28. The molecule has 3 aromatic rings. The average molecular weight is 377 g/mol. The highest BCUT2D eigenvalue weighted by molar-refractivity contribution is 5.79. The standard InChI is InChI=1S/C21H23N5O2/c22-21-17(16-9-25-26-10-16)7-15(8-24-21)14-5-13-1-3-27-11-19(13)18(6-14)20-12-28-4-2-23-20/h5-10,20,23H,1-4,11-12H2,(H2,22,24)(H,25,26)/t20-/m0/s1. The van der Waals surface area contributed by atoms with E-state index >= 15 is 0 Å². The minimum absolute atomic E-state index is 0.180. The molecule has 2 aliphatic heterocycles. The van der Waals surface area contributed by atoms with Crippen LogP contribution in [0.25, 0.3) is 22.3 Å². The van der Waals surface area contributed by atoms with Crippen LogP contribution < -0.4 is 11.1 Å². The third-order valence-electron chi connectivity index (χ3n) is 5.50. The quantitative estimate of drug-likeness (QED) is 0.649. The maximum absolute atomic E-state index is 6.12. The van der Waals surface area contributed by atoms with E-state index in [0.29, 0.717) is 19.0 Å². The maximum atomic E-state index is 6.12. The van der Waals surface area contributed by atoms with Crippen molar-refractivity contribution in [3.8, 4) is 22.3 Å². The number of hydrogen-bond donors (Lipinski definition) is 3. The Hall–Kier alpha value is -2.74. The minimum atomic E-state index is 0.180. The molecule has 2 aromatic heterocycles. The Morgan fingerprint density at radius 1 is 1.04 bits per heavy atom. The number of aromatic amines is 1. The van der Waals surface area contributed by atoms with E-state index in [4.69, 9.17) is 15.2 Å². The van der Waals surface area contributed by atoms with Crippen molar-refractivity contribution in [3.63, 3.8) is 0 Å². The van der Waals surface area contributed by atoms with Gasteiger partial charge in [-0.05, 0) is 40.8 Å². The van der Waals surface area contributed by atoms with Gasteiger partial charge in [-0.15, -0.1) is 0 Å². The minimum Gasteiger partial charge on any atom is -0.383 e. The molecule has 7 nitrogen and oxygen atoms in total. The molecule has 4 N–H and O–H groups in total. The van der Waals surface area contributed by atoms with Crippen molar-refractivity contribution in [2.75, 3.05) is 32.1 Å². The van der Waals surface area contributed by atoms with Gasteiger partial charge in [0.05, 0.1) is 38.7 Å². The number of rotatable bonds is 3. The van der Waals surface area contributed by atoms with Crippen molar-refractivity contribution in [2.45, 2.75) is 19.1 Å². The van der Waals surface area contributed by atoms with Crippen LogP contribution >= 0.6 is 0 Å². The number of pyridine rings is 1. The monoisotopic (exact) mass is 377 g/mol. The van der Waals surface area contributed by atoms with Gasteiger partial charge in [-0.3, -0.25) is 5.10 Å². The Bertz CT molecular complexity index is 981. The molecule has 144 valence electrons. The van der Waals surface area contributed by atoms with Crippen LogP contribution in [-0.2, 0) is 22.5 Å². The van der Waals surface area contributed by atoms with Crippen LogP contribution in [0.4, 0.5) is 5.82 Å². The summed E-state index contributed by atoms with van der Waals surface area (Å²) in [6.45, 7) is 3.70. The van der Waals surface area contributed by atoms with Gasteiger partial charge >= 0.3 is 0 Å². The van der Waals surface area contributed by atoms with Crippen molar-refractivity contribution >= 4 is 5.82 Å². The summed E-state index contributed by atoms with van der Waals surface area (Å²) in [5.41, 5.74) is 14.0. The predicted molar refractivity (Wildman–Crippen MR) is 107 cm³/mol. The van der Waals surface area contributed by atoms with Crippen molar-refractivity contribution in [3.05, 3.63) is 53.5 Å². The van der Waals surface area contributed by atoms with Gasteiger partial charge in [-0.25, -0.2) is 4.98 Å². The number of nitrogens with zero attached hydrogens (tertiary/aromatic N) is 2. The van der Waals surface area contributed by atoms with Gasteiger partial charge in [-0.1, -0.05) is 6.07 Å². The fraction of sp³-hybridized carbons (Fsp3) is 0.333. The second kappa shape index (κ2) is 7.35. The second-order valence-electron chi connectivity index (χ2n) is 7.23. The Labute approximate surface area is 163 Å². The van der Waals surface area contributed by atoms with E-state index in [9.17, 15) is 0 Å². The zero-order valence-corrected chi connectivity index (χ0v) is 15.6. The summed E-state index contributed by atoms with van der Waals surface area (Å²) < 4.78 is 11.5. The van der Waals surface area contributed by atoms with Crippen LogP contribution in [0.15, 0.2) is 36.8 Å². The van der Waals surface area contributed by atoms with Crippen molar-refractivity contribution in [2.24, 2.45) is 0 Å². The van der Waals surface area contributed by atoms with Crippen molar-refractivity contribution in [1.29, 1.82) is 0 Å². The number of H-pyrrole nitrogens is 1. The van der Waals surface area contributed by atoms with Crippen molar-refractivity contribution in [1.82, 2.24) is 20.5 Å². The molecule has 2 aliphatic rings. The lowest BCUT2D eigenvalue weighted by Crippen LogP contribution is -2.35. The summed E-state index contributed by atoms with van der Waals surface area (Å²) in [6, 6.07) is 6.77. The molecular formula is C21H23N5O2. The second-order valence-corrected chi connectivity index (χ2v) is 7.23. The molecule has 7 heteroatoms. The first-order valence-corrected chi connectivity index (χ1v) is 9.59. The van der Waals surface area contributed by atoms with Gasteiger partial charge in [0.2, 0.25) is 0 Å². The number of nitrogens with one attached hydrogen (secondary N) is 2. The lowest BCUT2D eigenvalue weighted by Gasteiger charge is -2.29.